The zero-order valence-corrected chi connectivity index (χ0v) is 15.0. The molecule has 0 unspecified atom stereocenters. The topological polar surface area (TPSA) is 50.4 Å². The lowest BCUT2D eigenvalue weighted by Crippen LogP contribution is -2.33. The number of ether oxygens (including phenoxy) is 1. The second-order valence-corrected chi connectivity index (χ2v) is 5.84. The number of thiocarbonyl (C=S) groups is 1. The van der Waals surface area contributed by atoms with Gasteiger partial charge in [-0.3, -0.25) is 10.1 Å². The molecule has 2 N–H and O–H groups in total. The first kappa shape index (κ1) is 18.3. The van der Waals surface area contributed by atoms with Crippen LogP contribution in [-0.4, -0.2) is 18.1 Å². The van der Waals surface area contributed by atoms with Crippen molar-refractivity contribution in [2.75, 3.05) is 12.4 Å². The summed E-state index contributed by atoms with van der Waals surface area (Å²) < 4.78 is 5.21. The molecule has 7 heteroatoms. The van der Waals surface area contributed by atoms with Crippen molar-refractivity contribution >= 4 is 58.2 Å². The molecular formula is C17H14Cl2N2O2S. The Bertz CT molecular complexity index is 774. The van der Waals surface area contributed by atoms with Crippen LogP contribution in [0.25, 0.3) is 6.08 Å². The molecular weight excluding hydrogens is 367 g/mol. The van der Waals surface area contributed by atoms with E-state index < -0.39 is 0 Å². The van der Waals surface area contributed by atoms with E-state index in [1.807, 2.05) is 24.3 Å². The van der Waals surface area contributed by atoms with E-state index in [9.17, 15) is 4.79 Å². The summed E-state index contributed by atoms with van der Waals surface area (Å²) in [6, 6.07) is 12.4. The molecule has 1 amide bonds. The van der Waals surface area contributed by atoms with E-state index >= 15 is 0 Å². The van der Waals surface area contributed by atoms with Crippen LogP contribution in [0, 0.1) is 0 Å². The van der Waals surface area contributed by atoms with E-state index in [4.69, 9.17) is 40.2 Å². The van der Waals surface area contributed by atoms with Gasteiger partial charge in [0.15, 0.2) is 5.11 Å². The van der Waals surface area contributed by atoms with Gasteiger partial charge in [-0.2, -0.15) is 0 Å². The van der Waals surface area contributed by atoms with Gasteiger partial charge in [-0.25, -0.2) is 0 Å². The van der Waals surface area contributed by atoms with Gasteiger partial charge in [0.1, 0.15) is 5.75 Å². The van der Waals surface area contributed by atoms with Gasteiger partial charge in [-0.15, -0.1) is 0 Å². The van der Waals surface area contributed by atoms with Crippen LogP contribution < -0.4 is 15.4 Å². The molecule has 0 heterocycles. The lowest BCUT2D eigenvalue weighted by Gasteiger charge is -2.11. The molecule has 0 aliphatic heterocycles. The zero-order chi connectivity index (χ0) is 17.5. The molecule has 0 radical (unpaired) electrons. The first-order chi connectivity index (χ1) is 11.5. The van der Waals surface area contributed by atoms with E-state index in [0.717, 1.165) is 5.56 Å². The molecule has 0 fully saturated rings. The number of nitrogens with one attached hydrogen (secondary N) is 2. The van der Waals surface area contributed by atoms with Gasteiger partial charge >= 0.3 is 0 Å². The third-order valence-electron chi connectivity index (χ3n) is 2.99. The number of halogens is 2. The van der Waals surface area contributed by atoms with Crippen molar-refractivity contribution in [2.24, 2.45) is 0 Å². The van der Waals surface area contributed by atoms with Crippen molar-refractivity contribution in [1.29, 1.82) is 0 Å². The minimum absolute atomic E-state index is 0.0969. The lowest BCUT2D eigenvalue weighted by atomic mass is 10.2. The van der Waals surface area contributed by atoms with Gasteiger partial charge in [-0.05, 0) is 36.5 Å². The highest BCUT2D eigenvalue weighted by Gasteiger charge is 2.08. The molecule has 4 nitrogen and oxygen atoms in total. The summed E-state index contributed by atoms with van der Waals surface area (Å²) in [4.78, 5) is 12.0. The smallest absolute Gasteiger partial charge is 0.250 e. The summed E-state index contributed by atoms with van der Waals surface area (Å²) in [6.45, 7) is 0. The Kier molecular flexibility index (Phi) is 6.61. The maximum Gasteiger partial charge on any atom is 0.250 e. The van der Waals surface area contributed by atoms with Crippen molar-refractivity contribution in [3.8, 4) is 5.75 Å². The summed E-state index contributed by atoms with van der Waals surface area (Å²) >= 11 is 17.2. The number of methoxy groups -OCH3 is 1. The van der Waals surface area contributed by atoms with E-state index in [1.165, 1.54) is 6.08 Å². The number of anilines is 1. The predicted molar refractivity (Wildman–Crippen MR) is 103 cm³/mol. The highest BCUT2D eigenvalue weighted by atomic mass is 35.5. The molecule has 0 spiro atoms. The summed E-state index contributed by atoms with van der Waals surface area (Å²) in [5, 5.41) is 6.24. The van der Waals surface area contributed by atoms with Gasteiger partial charge < -0.3 is 10.1 Å². The van der Waals surface area contributed by atoms with Crippen LogP contribution >= 0.6 is 35.4 Å². The fourth-order valence-corrected chi connectivity index (χ4v) is 2.58. The average Bonchev–Trinajstić information content (AvgIpc) is 2.56. The van der Waals surface area contributed by atoms with Gasteiger partial charge in [0, 0.05) is 11.6 Å². The molecule has 2 aromatic rings. The second-order valence-electron chi connectivity index (χ2n) is 4.62. The number of hydrogen-bond donors (Lipinski definition) is 2. The highest BCUT2D eigenvalue weighted by molar-refractivity contribution is 7.80. The number of para-hydroxylation sites is 2. The Hall–Kier alpha value is -2.08. The van der Waals surface area contributed by atoms with Gasteiger partial charge in [0.2, 0.25) is 5.91 Å². The molecule has 0 saturated heterocycles. The van der Waals surface area contributed by atoms with E-state index in [0.29, 0.717) is 21.5 Å². The summed E-state index contributed by atoms with van der Waals surface area (Å²) in [7, 11) is 1.57. The zero-order valence-electron chi connectivity index (χ0n) is 12.7. The Morgan fingerprint density at radius 3 is 2.46 bits per heavy atom. The van der Waals surface area contributed by atoms with E-state index in [1.54, 1.807) is 31.4 Å². The number of hydrogen-bond acceptors (Lipinski definition) is 3. The monoisotopic (exact) mass is 380 g/mol. The fraction of sp³-hybridized carbons (Fsp3) is 0.0588. The quantitative estimate of drug-likeness (QED) is 0.604. The average molecular weight is 381 g/mol. The molecule has 2 rings (SSSR count). The fourth-order valence-electron chi connectivity index (χ4n) is 1.89. The third-order valence-corrected chi connectivity index (χ3v) is 3.83. The summed E-state index contributed by atoms with van der Waals surface area (Å²) in [5.41, 5.74) is 1.23. The molecule has 0 bridgehead atoms. The Morgan fingerprint density at radius 2 is 1.79 bits per heavy atom. The van der Waals surface area contributed by atoms with Crippen LogP contribution in [-0.2, 0) is 4.79 Å². The minimum Gasteiger partial charge on any atom is -0.496 e. The van der Waals surface area contributed by atoms with Crippen molar-refractivity contribution in [3.63, 3.8) is 0 Å². The molecule has 0 aliphatic rings. The standard InChI is InChI=1S/C17H14Cl2N2O2S/c1-23-14-8-3-2-5-11(14)9-10-15(22)20-17(24)21-16-12(18)6-4-7-13(16)19/h2-10H,1H3,(H2,20,21,22,24)/b10-9+. The van der Waals surface area contributed by atoms with Crippen molar-refractivity contribution < 1.29 is 9.53 Å². The first-order valence-corrected chi connectivity index (χ1v) is 8.04. The van der Waals surface area contributed by atoms with Crippen LogP contribution in [0.15, 0.2) is 48.5 Å². The molecule has 0 aromatic heterocycles. The Balaban J connectivity index is 1.99. The Labute approximate surface area is 155 Å². The normalized spacial score (nSPS) is 10.5. The predicted octanol–water partition coefficient (Wildman–Crippen LogP) is 4.53. The number of carbonyl (C=O) groups is 1. The van der Waals surface area contributed by atoms with Crippen LogP contribution in [0.3, 0.4) is 0 Å². The van der Waals surface area contributed by atoms with E-state index in [2.05, 4.69) is 10.6 Å². The number of carbonyl (C=O) groups excluding carboxylic acids is 1. The van der Waals surface area contributed by atoms with E-state index in [-0.39, 0.29) is 11.0 Å². The molecule has 124 valence electrons. The van der Waals surface area contributed by atoms with Crippen molar-refractivity contribution in [2.45, 2.75) is 0 Å². The molecule has 0 atom stereocenters. The van der Waals surface area contributed by atoms with Crippen molar-refractivity contribution in [3.05, 3.63) is 64.1 Å². The number of benzene rings is 2. The largest absolute Gasteiger partial charge is 0.496 e. The van der Waals surface area contributed by atoms with Crippen LogP contribution in [0.2, 0.25) is 10.0 Å². The van der Waals surface area contributed by atoms with Crippen molar-refractivity contribution in [1.82, 2.24) is 5.32 Å². The third kappa shape index (κ3) is 4.96. The van der Waals surface area contributed by atoms with Crippen LogP contribution in [0.1, 0.15) is 5.56 Å². The summed E-state index contributed by atoms with van der Waals surface area (Å²) in [5.74, 6) is 0.284. The maximum atomic E-state index is 12.0. The molecule has 2 aromatic carbocycles. The number of rotatable bonds is 4. The molecule has 0 aliphatic carbocycles. The highest BCUT2D eigenvalue weighted by Crippen LogP contribution is 2.29. The molecule has 24 heavy (non-hydrogen) atoms. The Morgan fingerprint density at radius 1 is 1.12 bits per heavy atom. The van der Waals surface area contributed by atoms with Crippen LogP contribution in [0.4, 0.5) is 5.69 Å². The van der Waals surface area contributed by atoms with Gasteiger partial charge in [-0.1, -0.05) is 47.5 Å². The SMILES string of the molecule is COc1ccccc1/C=C/C(=O)NC(=S)Nc1c(Cl)cccc1Cl. The van der Waals surface area contributed by atoms with Gasteiger partial charge in [0.25, 0.3) is 0 Å². The minimum atomic E-state index is -0.387. The number of amides is 1. The first-order valence-electron chi connectivity index (χ1n) is 6.88. The molecule has 0 saturated carbocycles. The van der Waals surface area contributed by atoms with Crippen LogP contribution in [0.5, 0.6) is 5.75 Å². The maximum absolute atomic E-state index is 12.0. The summed E-state index contributed by atoms with van der Waals surface area (Å²) in [6.07, 6.45) is 3.00. The second kappa shape index (κ2) is 8.68. The van der Waals surface area contributed by atoms with Gasteiger partial charge in [0.05, 0.1) is 22.8 Å². The lowest BCUT2D eigenvalue weighted by molar-refractivity contribution is -0.115.